The van der Waals surface area contributed by atoms with Crippen LogP contribution in [0.1, 0.15) is 18.1 Å². The van der Waals surface area contributed by atoms with Crippen LogP contribution in [0.2, 0.25) is 0 Å². The van der Waals surface area contributed by atoms with Crippen molar-refractivity contribution in [3.05, 3.63) is 29.1 Å². The molecule has 0 saturated carbocycles. The van der Waals surface area contributed by atoms with Crippen molar-refractivity contribution in [1.29, 1.82) is 0 Å². The third kappa shape index (κ3) is 2.18. The van der Waals surface area contributed by atoms with Gasteiger partial charge in [0.25, 0.3) is 0 Å². The van der Waals surface area contributed by atoms with Gasteiger partial charge in [-0.25, -0.2) is 4.39 Å². The molecule has 0 radical (unpaired) electrons. The van der Waals surface area contributed by atoms with Gasteiger partial charge < -0.3 is 10.8 Å². The number of benzene rings is 1. The van der Waals surface area contributed by atoms with Crippen LogP contribution >= 0.6 is 0 Å². The molecule has 0 fully saturated rings. The molecular formula is C10H14FNO. The van der Waals surface area contributed by atoms with Gasteiger partial charge in [0.05, 0.1) is 0 Å². The normalized spacial score (nSPS) is 12.9. The first kappa shape index (κ1) is 9.99. The number of nitrogens with two attached hydrogens (primary N) is 1. The maximum absolute atomic E-state index is 13.1. The third-order valence-electron chi connectivity index (χ3n) is 2.03. The van der Waals surface area contributed by atoms with Crippen molar-refractivity contribution in [1.82, 2.24) is 0 Å². The highest BCUT2D eigenvalue weighted by Crippen LogP contribution is 2.23. The molecule has 0 aliphatic carbocycles. The molecule has 3 heteroatoms. The van der Waals surface area contributed by atoms with Gasteiger partial charge in [0.1, 0.15) is 11.6 Å². The first-order chi connectivity index (χ1) is 6.02. The Kier molecular flexibility index (Phi) is 2.88. The van der Waals surface area contributed by atoms with Gasteiger partial charge in [-0.3, -0.25) is 0 Å². The van der Waals surface area contributed by atoms with Crippen molar-refractivity contribution >= 4 is 0 Å². The van der Waals surface area contributed by atoms with Gasteiger partial charge in [0, 0.05) is 11.6 Å². The highest BCUT2D eigenvalue weighted by molar-refractivity contribution is 5.39. The fourth-order valence-electron chi connectivity index (χ4n) is 1.29. The average Bonchev–Trinajstić information content (AvgIpc) is 2.05. The molecule has 13 heavy (non-hydrogen) atoms. The van der Waals surface area contributed by atoms with Crippen LogP contribution in [0.4, 0.5) is 4.39 Å². The molecule has 0 saturated heterocycles. The quantitative estimate of drug-likeness (QED) is 0.733. The van der Waals surface area contributed by atoms with Crippen LogP contribution < -0.4 is 5.73 Å². The molecular weight excluding hydrogens is 169 g/mol. The molecule has 72 valence electrons. The minimum absolute atomic E-state index is 0.0774. The molecule has 1 aromatic rings. The lowest BCUT2D eigenvalue weighted by molar-refractivity contribution is 0.461. The molecule has 2 nitrogen and oxygen atoms in total. The fraction of sp³-hybridized carbons (Fsp3) is 0.400. The van der Waals surface area contributed by atoms with Gasteiger partial charge in [-0.2, -0.15) is 0 Å². The summed E-state index contributed by atoms with van der Waals surface area (Å²) in [5.74, 6) is -0.176. The number of halogens is 1. The number of hydrogen-bond donors (Lipinski definition) is 2. The molecule has 0 aromatic heterocycles. The first-order valence-electron chi connectivity index (χ1n) is 4.25. The Morgan fingerprint density at radius 3 is 2.69 bits per heavy atom. The van der Waals surface area contributed by atoms with Crippen LogP contribution in [-0.2, 0) is 6.42 Å². The summed E-state index contributed by atoms with van der Waals surface area (Å²) in [5, 5.41) is 9.44. The van der Waals surface area contributed by atoms with Crippen LogP contribution in [0, 0.1) is 12.7 Å². The summed E-state index contributed by atoms with van der Waals surface area (Å²) < 4.78 is 13.1. The Hall–Kier alpha value is -1.09. The second-order valence-corrected chi connectivity index (χ2v) is 3.35. The molecule has 1 rings (SSSR count). The molecule has 0 aliphatic heterocycles. The minimum Gasteiger partial charge on any atom is -0.508 e. The lowest BCUT2D eigenvalue weighted by Gasteiger charge is -2.11. The third-order valence-corrected chi connectivity index (χ3v) is 2.03. The Labute approximate surface area is 77.2 Å². The van der Waals surface area contributed by atoms with Crippen molar-refractivity contribution < 1.29 is 9.50 Å². The van der Waals surface area contributed by atoms with Crippen LogP contribution in [0.3, 0.4) is 0 Å². The van der Waals surface area contributed by atoms with E-state index in [4.69, 9.17) is 5.73 Å². The topological polar surface area (TPSA) is 46.2 Å². The largest absolute Gasteiger partial charge is 0.508 e. The molecule has 3 N–H and O–H groups in total. The molecule has 0 aliphatic rings. The van der Waals surface area contributed by atoms with Gasteiger partial charge in [-0.1, -0.05) is 0 Å². The summed E-state index contributed by atoms with van der Waals surface area (Å²) in [4.78, 5) is 0. The average molecular weight is 183 g/mol. The SMILES string of the molecule is Cc1c(F)ccc(O)c1CC(C)N. The van der Waals surface area contributed by atoms with Crippen molar-refractivity contribution in [3.8, 4) is 5.75 Å². The Balaban J connectivity index is 3.10. The van der Waals surface area contributed by atoms with E-state index in [-0.39, 0.29) is 17.6 Å². The zero-order valence-electron chi connectivity index (χ0n) is 7.84. The zero-order valence-corrected chi connectivity index (χ0v) is 7.84. The highest BCUT2D eigenvalue weighted by atomic mass is 19.1. The predicted molar refractivity (Wildman–Crippen MR) is 50.2 cm³/mol. The summed E-state index contributed by atoms with van der Waals surface area (Å²) in [7, 11) is 0. The zero-order chi connectivity index (χ0) is 10.0. The second-order valence-electron chi connectivity index (χ2n) is 3.35. The number of phenolic OH excluding ortho intramolecular Hbond substituents is 1. The molecule has 1 atom stereocenters. The Morgan fingerprint density at radius 2 is 2.15 bits per heavy atom. The minimum atomic E-state index is -0.298. The Morgan fingerprint density at radius 1 is 1.54 bits per heavy atom. The first-order valence-corrected chi connectivity index (χ1v) is 4.25. The lowest BCUT2D eigenvalue weighted by atomic mass is 10.0. The van der Waals surface area contributed by atoms with E-state index in [0.717, 1.165) is 0 Å². The summed E-state index contributed by atoms with van der Waals surface area (Å²) in [6.07, 6.45) is 0.495. The molecule has 1 unspecified atom stereocenters. The molecule has 0 bridgehead atoms. The van der Waals surface area contributed by atoms with Crippen LogP contribution in [0.5, 0.6) is 5.75 Å². The molecule has 1 aromatic carbocycles. The van der Waals surface area contributed by atoms with E-state index >= 15 is 0 Å². The van der Waals surface area contributed by atoms with E-state index < -0.39 is 0 Å². The van der Waals surface area contributed by atoms with E-state index in [1.54, 1.807) is 6.92 Å². The van der Waals surface area contributed by atoms with E-state index in [1.807, 2.05) is 6.92 Å². The number of hydrogen-bond acceptors (Lipinski definition) is 2. The van der Waals surface area contributed by atoms with E-state index in [2.05, 4.69) is 0 Å². The molecule has 0 spiro atoms. The predicted octanol–water partition coefficient (Wildman–Crippen LogP) is 1.73. The summed E-state index contributed by atoms with van der Waals surface area (Å²) in [6.45, 7) is 3.47. The van der Waals surface area contributed by atoms with Gasteiger partial charge >= 0.3 is 0 Å². The smallest absolute Gasteiger partial charge is 0.126 e. The van der Waals surface area contributed by atoms with Gasteiger partial charge in [0.15, 0.2) is 0 Å². The summed E-state index contributed by atoms with van der Waals surface area (Å²) >= 11 is 0. The summed E-state index contributed by atoms with van der Waals surface area (Å²) in [5.41, 5.74) is 6.67. The van der Waals surface area contributed by atoms with Gasteiger partial charge in [-0.05, 0) is 38.0 Å². The van der Waals surface area contributed by atoms with E-state index in [1.165, 1.54) is 12.1 Å². The molecule has 0 amide bonds. The van der Waals surface area contributed by atoms with Crippen LogP contribution in [0.15, 0.2) is 12.1 Å². The second kappa shape index (κ2) is 3.75. The van der Waals surface area contributed by atoms with Crippen molar-refractivity contribution in [3.63, 3.8) is 0 Å². The maximum atomic E-state index is 13.1. The maximum Gasteiger partial charge on any atom is 0.126 e. The number of rotatable bonds is 2. The number of phenols is 1. The van der Waals surface area contributed by atoms with Crippen molar-refractivity contribution in [2.24, 2.45) is 5.73 Å². The fourth-order valence-corrected chi connectivity index (χ4v) is 1.29. The van der Waals surface area contributed by atoms with Gasteiger partial charge in [0.2, 0.25) is 0 Å². The number of aromatic hydroxyl groups is 1. The monoisotopic (exact) mass is 183 g/mol. The van der Waals surface area contributed by atoms with Gasteiger partial charge in [-0.15, -0.1) is 0 Å². The highest BCUT2D eigenvalue weighted by Gasteiger charge is 2.10. The standard InChI is InChI=1S/C10H14FNO/c1-6(12)5-8-7(2)9(11)3-4-10(8)13/h3-4,6,13H,5,12H2,1-2H3. The van der Waals surface area contributed by atoms with E-state index in [9.17, 15) is 9.50 Å². The summed E-state index contributed by atoms with van der Waals surface area (Å²) in [6, 6.07) is 2.54. The van der Waals surface area contributed by atoms with Crippen LogP contribution in [0.25, 0.3) is 0 Å². The Bertz CT molecular complexity index is 310. The van der Waals surface area contributed by atoms with Crippen LogP contribution in [-0.4, -0.2) is 11.1 Å². The lowest BCUT2D eigenvalue weighted by Crippen LogP contribution is -2.18. The van der Waals surface area contributed by atoms with Crippen molar-refractivity contribution in [2.45, 2.75) is 26.3 Å². The molecule has 0 heterocycles. The van der Waals surface area contributed by atoms with Crippen molar-refractivity contribution in [2.75, 3.05) is 0 Å². The van der Waals surface area contributed by atoms with E-state index in [0.29, 0.717) is 17.5 Å².